The minimum absolute atomic E-state index is 0.227. The van der Waals surface area contributed by atoms with Crippen molar-refractivity contribution >= 4 is 0 Å². The van der Waals surface area contributed by atoms with E-state index in [-0.39, 0.29) is 5.60 Å². The van der Waals surface area contributed by atoms with Gasteiger partial charge in [0.25, 0.3) is 0 Å². The fourth-order valence-electron chi connectivity index (χ4n) is 2.25. The maximum absolute atomic E-state index is 5.91. The molecule has 2 rings (SSSR count). The van der Waals surface area contributed by atoms with Gasteiger partial charge in [0.2, 0.25) is 0 Å². The van der Waals surface area contributed by atoms with Gasteiger partial charge in [0, 0.05) is 13.1 Å². The van der Waals surface area contributed by atoms with Crippen molar-refractivity contribution in [2.75, 3.05) is 26.2 Å². The minimum atomic E-state index is -0.227. The number of morpholine rings is 1. The second-order valence-corrected chi connectivity index (χ2v) is 4.38. The van der Waals surface area contributed by atoms with E-state index in [1.54, 1.807) is 0 Å². The smallest absolute Gasteiger partial charge is 0.119 e. The van der Waals surface area contributed by atoms with Crippen LogP contribution >= 0.6 is 0 Å². The molecule has 1 aromatic heterocycles. The maximum atomic E-state index is 5.91. The van der Waals surface area contributed by atoms with Gasteiger partial charge in [0.15, 0.2) is 0 Å². The number of H-pyrrole nitrogens is 1. The summed E-state index contributed by atoms with van der Waals surface area (Å²) in [5, 5.41) is 7.13. The standard InChI is InChI=1S/C11H19N3O/c1-4-14-5-6-15-11(3,8-14)10-9(2)7-12-13-10/h7H,4-6,8H2,1-3H3,(H,12,13)/t11-/m1/s1. The number of ether oxygens (including phenoxy) is 1. The molecule has 1 aliphatic heterocycles. The molecule has 0 amide bonds. The number of aryl methyl sites for hydroxylation is 1. The molecule has 0 bridgehead atoms. The molecule has 1 aliphatic rings. The van der Waals surface area contributed by atoms with E-state index >= 15 is 0 Å². The quantitative estimate of drug-likeness (QED) is 0.798. The van der Waals surface area contributed by atoms with E-state index in [0.717, 1.165) is 31.9 Å². The highest BCUT2D eigenvalue weighted by Crippen LogP contribution is 2.29. The van der Waals surface area contributed by atoms with Crippen LogP contribution in [0.1, 0.15) is 25.1 Å². The molecule has 2 heterocycles. The number of rotatable bonds is 2. The van der Waals surface area contributed by atoms with Crippen LogP contribution in [0.25, 0.3) is 0 Å². The van der Waals surface area contributed by atoms with Gasteiger partial charge in [-0.1, -0.05) is 6.92 Å². The Morgan fingerprint density at radius 1 is 1.67 bits per heavy atom. The van der Waals surface area contributed by atoms with E-state index < -0.39 is 0 Å². The normalized spacial score (nSPS) is 28.2. The number of aromatic nitrogens is 2. The predicted molar refractivity (Wildman–Crippen MR) is 58.7 cm³/mol. The van der Waals surface area contributed by atoms with Crippen LogP contribution in [-0.2, 0) is 10.3 Å². The summed E-state index contributed by atoms with van der Waals surface area (Å²) in [5.41, 5.74) is 2.06. The van der Waals surface area contributed by atoms with Gasteiger partial charge >= 0.3 is 0 Å². The van der Waals surface area contributed by atoms with Crippen LogP contribution in [-0.4, -0.2) is 41.3 Å². The van der Waals surface area contributed by atoms with Gasteiger partial charge in [0.05, 0.1) is 18.5 Å². The lowest BCUT2D eigenvalue weighted by atomic mass is 9.97. The molecule has 0 spiro atoms. The molecule has 4 heteroatoms. The first-order chi connectivity index (χ1) is 7.15. The first-order valence-electron chi connectivity index (χ1n) is 5.52. The van der Waals surface area contributed by atoms with Crippen LogP contribution in [0, 0.1) is 6.92 Å². The SMILES string of the molecule is CCN1CCO[C@@](C)(c2[nH]ncc2C)C1. The van der Waals surface area contributed by atoms with Crippen molar-refractivity contribution in [3.05, 3.63) is 17.5 Å². The second kappa shape index (κ2) is 3.94. The number of likely N-dealkylation sites (N-methyl/N-ethyl adjacent to an activating group) is 1. The summed E-state index contributed by atoms with van der Waals surface area (Å²) in [6.07, 6.45) is 1.86. The van der Waals surface area contributed by atoms with E-state index in [1.807, 2.05) is 6.20 Å². The maximum Gasteiger partial charge on any atom is 0.119 e. The van der Waals surface area contributed by atoms with E-state index in [4.69, 9.17) is 4.74 Å². The third-order valence-corrected chi connectivity index (χ3v) is 3.16. The summed E-state index contributed by atoms with van der Waals surface area (Å²) in [6.45, 7) is 10.2. The van der Waals surface area contributed by atoms with Gasteiger partial charge in [-0.2, -0.15) is 5.10 Å². The average Bonchev–Trinajstić information content (AvgIpc) is 2.65. The summed E-state index contributed by atoms with van der Waals surface area (Å²) in [7, 11) is 0. The highest BCUT2D eigenvalue weighted by molar-refractivity contribution is 5.22. The predicted octanol–water partition coefficient (Wildman–Crippen LogP) is 1.29. The summed E-state index contributed by atoms with van der Waals surface area (Å²) in [4.78, 5) is 2.41. The van der Waals surface area contributed by atoms with Crippen LogP contribution in [0.3, 0.4) is 0 Å². The number of nitrogens with zero attached hydrogens (tertiary/aromatic N) is 2. The van der Waals surface area contributed by atoms with Crippen LogP contribution in [0.4, 0.5) is 0 Å². The Kier molecular flexibility index (Phi) is 2.80. The molecule has 1 N–H and O–H groups in total. The van der Waals surface area contributed by atoms with Crippen LogP contribution in [0.15, 0.2) is 6.20 Å². The first-order valence-corrected chi connectivity index (χ1v) is 5.52. The van der Waals surface area contributed by atoms with Crippen LogP contribution in [0.2, 0.25) is 0 Å². The van der Waals surface area contributed by atoms with Gasteiger partial charge < -0.3 is 4.74 Å². The Morgan fingerprint density at radius 3 is 3.07 bits per heavy atom. The van der Waals surface area contributed by atoms with Crippen LogP contribution in [0.5, 0.6) is 0 Å². The number of nitrogens with one attached hydrogen (secondary N) is 1. The molecule has 0 unspecified atom stereocenters. The topological polar surface area (TPSA) is 41.1 Å². The van der Waals surface area contributed by atoms with Crippen molar-refractivity contribution in [2.45, 2.75) is 26.4 Å². The number of aromatic amines is 1. The number of hydrogen-bond donors (Lipinski definition) is 1. The zero-order valence-electron chi connectivity index (χ0n) is 9.71. The largest absolute Gasteiger partial charge is 0.366 e. The molecule has 0 aliphatic carbocycles. The Hall–Kier alpha value is -0.870. The molecule has 15 heavy (non-hydrogen) atoms. The van der Waals surface area contributed by atoms with E-state index in [1.165, 1.54) is 5.56 Å². The highest BCUT2D eigenvalue weighted by atomic mass is 16.5. The van der Waals surface area contributed by atoms with Gasteiger partial charge in [-0.3, -0.25) is 10.00 Å². The fraction of sp³-hybridized carbons (Fsp3) is 0.727. The van der Waals surface area contributed by atoms with E-state index in [9.17, 15) is 0 Å². The van der Waals surface area contributed by atoms with Gasteiger partial charge in [-0.05, 0) is 26.0 Å². The summed E-state index contributed by atoms with van der Waals surface area (Å²) in [5.74, 6) is 0. The lowest BCUT2D eigenvalue weighted by Crippen LogP contribution is -2.48. The van der Waals surface area contributed by atoms with Crippen molar-refractivity contribution < 1.29 is 4.74 Å². The molecular weight excluding hydrogens is 190 g/mol. The Labute approximate surface area is 90.6 Å². The zero-order valence-corrected chi connectivity index (χ0v) is 9.71. The van der Waals surface area contributed by atoms with Crippen molar-refractivity contribution in [2.24, 2.45) is 0 Å². The molecule has 4 nitrogen and oxygen atoms in total. The minimum Gasteiger partial charge on any atom is -0.366 e. The van der Waals surface area contributed by atoms with Gasteiger partial charge in [-0.25, -0.2) is 0 Å². The molecule has 1 fully saturated rings. The Morgan fingerprint density at radius 2 is 2.47 bits per heavy atom. The molecular formula is C11H19N3O. The highest BCUT2D eigenvalue weighted by Gasteiger charge is 2.35. The average molecular weight is 209 g/mol. The third-order valence-electron chi connectivity index (χ3n) is 3.16. The van der Waals surface area contributed by atoms with E-state index in [2.05, 4.69) is 35.9 Å². The zero-order chi connectivity index (χ0) is 10.9. The molecule has 0 aromatic carbocycles. The molecule has 1 atom stereocenters. The molecule has 84 valence electrons. The lowest BCUT2D eigenvalue weighted by molar-refractivity contribution is -0.104. The van der Waals surface area contributed by atoms with E-state index in [0.29, 0.717) is 0 Å². The second-order valence-electron chi connectivity index (χ2n) is 4.38. The Bertz CT molecular complexity index is 336. The molecule has 0 radical (unpaired) electrons. The van der Waals surface area contributed by atoms with Gasteiger partial charge in [-0.15, -0.1) is 0 Å². The monoisotopic (exact) mass is 209 g/mol. The van der Waals surface area contributed by atoms with Gasteiger partial charge in [0.1, 0.15) is 5.60 Å². The summed E-state index contributed by atoms with van der Waals surface area (Å²) >= 11 is 0. The Balaban J connectivity index is 2.22. The van der Waals surface area contributed by atoms with Crippen molar-refractivity contribution in [1.82, 2.24) is 15.1 Å². The summed E-state index contributed by atoms with van der Waals surface area (Å²) < 4.78 is 5.91. The first kappa shape index (κ1) is 10.6. The van der Waals surface area contributed by atoms with Crippen molar-refractivity contribution in [3.63, 3.8) is 0 Å². The lowest BCUT2D eigenvalue weighted by Gasteiger charge is -2.39. The van der Waals surface area contributed by atoms with Crippen molar-refractivity contribution in [1.29, 1.82) is 0 Å². The fourth-order valence-corrected chi connectivity index (χ4v) is 2.25. The molecule has 1 saturated heterocycles. The molecule has 0 saturated carbocycles. The van der Waals surface area contributed by atoms with Crippen molar-refractivity contribution in [3.8, 4) is 0 Å². The third kappa shape index (κ3) is 1.92. The van der Waals surface area contributed by atoms with Crippen LogP contribution < -0.4 is 0 Å². The molecule has 1 aromatic rings. The summed E-state index contributed by atoms with van der Waals surface area (Å²) in [6, 6.07) is 0. The number of hydrogen-bond acceptors (Lipinski definition) is 3.